The van der Waals surface area contributed by atoms with E-state index in [0.29, 0.717) is 23.4 Å². The number of hydrogen-bond acceptors (Lipinski definition) is 6. The first-order valence-corrected chi connectivity index (χ1v) is 8.29. The molecule has 7 nitrogen and oxygen atoms in total. The lowest BCUT2D eigenvalue weighted by molar-refractivity contribution is -0.125. The number of nitrogens with zero attached hydrogens (tertiary/aromatic N) is 1. The molecule has 136 valence electrons. The Hall–Kier alpha value is -2.09. The molecule has 3 rings (SSSR count). The molecule has 1 aromatic heterocycles. The summed E-state index contributed by atoms with van der Waals surface area (Å²) in [5, 5.41) is 20.9. The largest absolute Gasteiger partial charge is 0.497 e. The van der Waals surface area contributed by atoms with Crippen molar-refractivity contribution in [2.75, 3.05) is 26.9 Å². The summed E-state index contributed by atoms with van der Waals surface area (Å²) in [6.07, 6.45) is -2.07. The number of likely N-dealkylation sites (N-methyl/N-ethyl adjacent to an activating group) is 1. The van der Waals surface area contributed by atoms with Crippen LogP contribution < -0.4 is 4.74 Å². The van der Waals surface area contributed by atoms with Gasteiger partial charge in [-0.3, -0.25) is 4.79 Å². The summed E-state index contributed by atoms with van der Waals surface area (Å²) in [4.78, 5) is 14.5. The maximum absolute atomic E-state index is 13.0. The third kappa shape index (κ3) is 3.10. The van der Waals surface area contributed by atoms with Gasteiger partial charge >= 0.3 is 0 Å². The summed E-state index contributed by atoms with van der Waals surface area (Å²) in [5.74, 6) is 0.566. The standard InChI is InChI=1S/C18H23NO6/c1-4-19(13-8-24-9-14(20)16(13)21)18(22)17-10(2)12-7-11(23-3)5-6-15(12)25-17/h5-7,13-14,16,20-21H,4,8-9H2,1-3H3/t13-,14-,16+/m1/s1. The van der Waals surface area contributed by atoms with Gasteiger partial charge in [0.1, 0.15) is 23.5 Å². The van der Waals surface area contributed by atoms with Crippen LogP contribution in [0.1, 0.15) is 23.0 Å². The van der Waals surface area contributed by atoms with Gasteiger partial charge in [0, 0.05) is 17.5 Å². The first-order chi connectivity index (χ1) is 12.0. The maximum Gasteiger partial charge on any atom is 0.290 e. The lowest BCUT2D eigenvalue weighted by Gasteiger charge is -2.38. The van der Waals surface area contributed by atoms with Gasteiger partial charge in [-0.2, -0.15) is 0 Å². The van der Waals surface area contributed by atoms with E-state index >= 15 is 0 Å². The molecule has 1 aliphatic rings. The fourth-order valence-corrected chi connectivity index (χ4v) is 3.23. The highest BCUT2D eigenvalue weighted by atomic mass is 16.5. The van der Waals surface area contributed by atoms with E-state index in [9.17, 15) is 15.0 Å². The van der Waals surface area contributed by atoms with Crippen LogP contribution in [-0.4, -0.2) is 66.1 Å². The quantitative estimate of drug-likeness (QED) is 0.865. The van der Waals surface area contributed by atoms with Crippen molar-refractivity contribution < 1.29 is 28.9 Å². The van der Waals surface area contributed by atoms with E-state index in [1.165, 1.54) is 4.90 Å². The summed E-state index contributed by atoms with van der Waals surface area (Å²) in [7, 11) is 1.58. The number of carbonyl (C=O) groups excluding carboxylic acids is 1. The Morgan fingerprint density at radius 3 is 2.80 bits per heavy atom. The van der Waals surface area contributed by atoms with Gasteiger partial charge in [-0.15, -0.1) is 0 Å². The molecular weight excluding hydrogens is 326 g/mol. The van der Waals surface area contributed by atoms with Crippen LogP contribution in [-0.2, 0) is 4.74 Å². The van der Waals surface area contributed by atoms with Crippen LogP contribution in [0, 0.1) is 6.92 Å². The first kappa shape index (κ1) is 17.7. The number of aliphatic hydroxyl groups excluding tert-OH is 2. The van der Waals surface area contributed by atoms with Crippen LogP contribution >= 0.6 is 0 Å². The van der Waals surface area contributed by atoms with Gasteiger partial charge in [0.05, 0.1) is 26.4 Å². The molecular formula is C18H23NO6. The van der Waals surface area contributed by atoms with E-state index in [1.54, 1.807) is 19.2 Å². The minimum absolute atomic E-state index is 0.0624. The molecule has 2 heterocycles. The molecule has 2 aromatic rings. The van der Waals surface area contributed by atoms with Crippen molar-refractivity contribution in [2.45, 2.75) is 32.1 Å². The minimum Gasteiger partial charge on any atom is -0.497 e. The number of aliphatic hydroxyl groups is 2. The Balaban J connectivity index is 1.95. The van der Waals surface area contributed by atoms with Crippen LogP contribution in [0.25, 0.3) is 11.0 Å². The van der Waals surface area contributed by atoms with Gasteiger partial charge in [0.25, 0.3) is 5.91 Å². The smallest absolute Gasteiger partial charge is 0.290 e. The number of amides is 1. The zero-order chi connectivity index (χ0) is 18.1. The monoisotopic (exact) mass is 349 g/mol. The van der Waals surface area contributed by atoms with Gasteiger partial charge in [-0.25, -0.2) is 0 Å². The number of benzene rings is 1. The number of ether oxygens (including phenoxy) is 2. The number of furan rings is 1. The second-order valence-electron chi connectivity index (χ2n) is 6.17. The number of fused-ring (bicyclic) bond motifs is 1. The molecule has 0 radical (unpaired) electrons. The Bertz CT molecular complexity index is 770. The molecule has 25 heavy (non-hydrogen) atoms. The number of methoxy groups -OCH3 is 1. The molecule has 1 aliphatic heterocycles. The van der Waals surface area contributed by atoms with Crippen LogP contribution in [0.5, 0.6) is 5.75 Å². The lowest BCUT2D eigenvalue weighted by Crippen LogP contribution is -2.57. The fraction of sp³-hybridized carbons (Fsp3) is 0.500. The molecule has 1 saturated heterocycles. The van der Waals surface area contributed by atoms with E-state index in [1.807, 2.05) is 19.9 Å². The average molecular weight is 349 g/mol. The average Bonchev–Trinajstić information content (AvgIpc) is 2.95. The molecule has 0 saturated carbocycles. The summed E-state index contributed by atoms with van der Waals surface area (Å²) in [5.41, 5.74) is 1.31. The van der Waals surface area contributed by atoms with Crippen molar-refractivity contribution in [3.8, 4) is 5.75 Å². The van der Waals surface area contributed by atoms with Crippen LogP contribution in [0.2, 0.25) is 0 Å². The Kier molecular flexibility index (Phi) is 4.99. The van der Waals surface area contributed by atoms with Crippen LogP contribution in [0.4, 0.5) is 0 Å². The van der Waals surface area contributed by atoms with E-state index < -0.39 is 18.2 Å². The maximum atomic E-state index is 13.0. The molecule has 3 atom stereocenters. The highest BCUT2D eigenvalue weighted by Crippen LogP contribution is 2.30. The molecule has 2 N–H and O–H groups in total. The van der Waals surface area contributed by atoms with Crippen LogP contribution in [0.3, 0.4) is 0 Å². The zero-order valence-corrected chi connectivity index (χ0v) is 14.6. The zero-order valence-electron chi connectivity index (χ0n) is 14.6. The molecule has 7 heteroatoms. The van der Waals surface area contributed by atoms with Crippen molar-refractivity contribution >= 4 is 16.9 Å². The molecule has 1 fully saturated rings. The molecule has 0 bridgehead atoms. The SMILES string of the molecule is CCN(C(=O)c1oc2ccc(OC)cc2c1C)[C@@H]1COC[C@@H](O)[C@H]1O. The highest BCUT2D eigenvalue weighted by molar-refractivity contribution is 5.99. The van der Waals surface area contributed by atoms with Crippen molar-refractivity contribution in [3.05, 3.63) is 29.5 Å². The predicted molar refractivity (Wildman–Crippen MR) is 90.8 cm³/mol. The molecule has 0 spiro atoms. The number of carbonyl (C=O) groups is 1. The second kappa shape index (κ2) is 7.03. The molecule has 0 unspecified atom stereocenters. The number of hydrogen-bond donors (Lipinski definition) is 2. The number of aryl methyl sites for hydroxylation is 1. The fourth-order valence-electron chi connectivity index (χ4n) is 3.23. The van der Waals surface area contributed by atoms with Crippen molar-refractivity contribution in [2.24, 2.45) is 0 Å². The summed E-state index contributed by atoms with van der Waals surface area (Å²) in [6, 6.07) is 4.73. The van der Waals surface area contributed by atoms with E-state index in [0.717, 1.165) is 5.39 Å². The van der Waals surface area contributed by atoms with Gasteiger partial charge in [-0.1, -0.05) is 0 Å². The lowest BCUT2D eigenvalue weighted by atomic mass is 10.0. The predicted octanol–water partition coefficient (Wildman–Crippen LogP) is 1.33. The number of rotatable bonds is 4. The van der Waals surface area contributed by atoms with E-state index in [2.05, 4.69) is 0 Å². The summed E-state index contributed by atoms with van der Waals surface area (Å²) < 4.78 is 16.3. The first-order valence-electron chi connectivity index (χ1n) is 8.29. The molecule has 1 amide bonds. The van der Waals surface area contributed by atoms with Gasteiger partial charge < -0.3 is 29.0 Å². The van der Waals surface area contributed by atoms with Gasteiger partial charge in [0.15, 0.2) is 5.76 Å². The summed E-state index contributed by atoms with van der Waals surface area (Å²) >= 11 is 0. The third-order valence-electron chi connectivity index (χ3n) is 4.71. The Morgan fingerprint density at radius 2 is 2.12 bits per heavy atom. The van der Waals surface area contributed by atoms with Crippen molar-refractivity contribution in [1.29, 1.82) is 0 Å². The Morgan fingerprint density at radius 1 is 1.36 bits per heavy atom. The van der Waals surface area contributed by atoms with E-state index in [-0.39, 0.29) is 24.9 Å². The highest BCUT2D eigenvalue weighted by Gasteiger charge is 2.38. The van der Waals surface area contributed by atoms with Crippen LogP contribution in [0.15, 0.2) is 22.6 Å². The Labute approximate surface area is 145 Å². The molecule has 1 aromatic carbocycles. The second-order valence-corrected chi connectivity index (χ2v) is 6.17. The van der Waals surface area contributed by atoms with Gasteiger partial charge in [0.2, 0.25) is 0 Å². The minimum atomic E-state index is -1.05. The third-order valence-corrected chi connectivity index (χ3v) is 4.71. The topological polar surface area (TPSA) is 92.4 Å². The normalized spacial score (nSPS) is 23.6. The van der Waals surface area contributed by atoms with E-state index in [4.69, 9.17) is 13.9 Å². The van der Waals surface area contributed by atoms with Crippen molar-refractivity contribution in [3.63, 3.8) is 0 Å². The van der Waals surface area contributed by atoms with Crippen molar-refractivity contribution in [1.82, 2.24) is 4.90 Å². The van der Waals surface area contributed by atoms with Gasteiger partial charge in [-0.05, 0) is 32.0 Å². The molecule has 0 aliphatic carbocycles. The summed E-state index contributed by atoms with van der Waals surface area (Å²) in [6.45, 7) is 4.22.